The van der Waals surface area contributed by atoms with Crippen molar-refractivity contribution in [3.8, 4) is 11.3 Å². The Hall–Kier alpha value is -3.58. The van der Waals surface area contributed by atoms with Crippen molar-refractivity contribution < 1.29 is 4.79 Å². The summed E-state index contributed by atoms with van der Waals surface area (Å²) >= 11 is 1.62. The average Bonchev–Trinajstić information content (AvgIpc) is 3.41. The van der Waals surface area contributed by atoms with Gasteiger partial charge in [-0.3, -0.25) is 4.79 Å². The maximum atomic E-state index is 13.7. The normalized spacial score (nSPS) is 11.5. The summed E-state index contributed by atoms with van der Waals surface area (Å²) < 4.78 is 3.00. The van der Waals surface area contributed by atoms with E-state index in [4.69, 9.17) is 9.97 Å². The molecule has 5 rings (SSSR count). The van der Waals surface area contributed by atoms with Gasteiger partial charge >= 0.3 is 0 Å². The third-order valence-electron chi connectivity index (χ3n) is 5.76. The third kappa shape index (κ3) is 3.89. The van der Waals surface area contributed by atoms with Crippen LogP contribution in [0.3, 0.4) is 0 Å². The number of carbonyl (C=O) groups is 1. The van der Waals surface area contributed by atoms with E-state index in [0.29, 0.717) is 12.1 Å². The van der Waals surface area contributed by atoms with E-state index in [2.05, 4.69) is 38.0 Å². The second-order valence-corrected chi connectivity index (χ2v) is 9.64. The Morgan fingerprint density at radius 2 is 1.85 bits per heavy atom. The molecule has 0 aliphatic rings. The topological polar surface area (TPSA) is 63.9 Å². The van der Waals surface area contributed by atoms with Crippen LogP contribution in [0.1, 0.15) is 40.8 Å². The van der Waals surface area contributed by atoms with Gasteiger partial charge in [0, 0.05) is 18.7 Å². The van der Waals surface area contributed by atoms with E-state index < -0.39 is 0 Å². The fourth-order valence-electron chi connectivity index (χ4n) is 4.04. The van der Waals surface area contributed by atoms with Crippen LogP contribution in [-0.2, 0) is 6.54 Å². The number of nitrogens with zero attached hydrogens (tertiary/aromatic N) is 5. The van der Waals surface area contributed by atoms with Gasteiger partial charge in [-0.1, -0.05) is 36.4 Å². The molecule has 0 bridgehead atoms. The van der Waals surface area contributed by atoms with E-state index in [-0.39, 0.29) is 11.9 Å². The number of fused-ring (bicyclic) bond motifs is 2. The lowest BCUT2D eigenvalue weighted by molar-refractivity contribution is 0.0787. The van der Waals surface area contributed by atoms with Crippen LogP contribution in [0.25, 0.3) is 32.5 Å². The number of aromatic nitrogens is 4. The van der Waals surface area contributed by atoms with Crippen LogP contribution >= 0.6 is 11.3 Å². The largest absolute Gasteiger partial charge is 0.335 e. The summed E-state index contributed by atoms with van der Waals surface area (Å²) in [5.74, 6) is -0.0696. The molecule has 7 heteroatoms. The monoisotopic (exact) mass is 455 g/mol. The van der Waals surface area contributed by atoms with Crippen molar-refractivity contribution in [2.75, 3.05) is 7.05 Å². The molecule has 0 unspecified atom stereocenters. The molecule has 0 atom stereocenters. The van der Waals surface area contributed by atoms with Gasteiger partial charge in [0.25, 0.3) is 5.91 Å². The number of pyridine rings is 1. The fourth-order valence-corrected chi connectivity index (χ4v) is 5.06. The van der Waals surface area contributed by atoms with Crippen molar-refractivity contribution in [1.82, 2.24) is 24.6 Å². The molecule has 0 fully saturated rings. The lowest BCUT2D eigenvalue weighted by Gasteiger charge is -2.17. The number of thiazole rings is 1. The highest BCUT2D eigenvalue weighted by Crippen LogP contribution is 2.29. The zero-order chi connectivity index (χ0) is 23.1. The molecule has 166 valence electrons. The van der Waals surface area contributed by atoms with Gasteiger partial charge in [-0.2, -0.15) is 5.10 Å². The summed E-state index contributed by atoms with van der Waals surface area (Å²) in [7, 11) is 1.82. The maximum Gasteiger partial charge on any atom is 0.254 e. The first-order chi connectivity index (χ1) is 15.9. The molecule has 6 nitrogen and oxygen atoms in total. The molecule has 33 heavy (non-hydrogen) atoms. The summed E-state index contributed by atoms with van der Waals surface area (Å²) in [5.41, 5.74) is 5.20. The Morgan fingerprint density at radius 1 is 1.09 bits per heavy atom. The highest BCUT2D eigenvalue weighted by molar-refractivity contribution is 7.18. The van der Waals surface area contributed by atoms with E-state index in [0.717, 1.165) is 43.1 Å². The highest BCUT2D eigenvalue weighted by atomic mass is 32.1. The number of para-hydroxylation sites is 1. The molecular weight excluding hydrogens is 430 g/mol. The Labute approximate surface area is 196 Å². The van der Waals surface area contributed by atoms with E-state index in [1.165, 1.54) is 0 Å². The minimum atomic E-state index is -0.0696. The number of amides is 1. The maximum absolute atomic E-state index is 13.7. The number of hydrogen-bond acceptors (Lipinski definition) is 5. The predicted molar refractivity (Wildman–Crippen MR) is 134 cm³/mol. The quantitative estimate of drug-likeness (QED) is 0.332. The van der Waals surface area contributed by atoms with Gasteiger partial charge in [0.2, 0.25) is 0 Å². The van der Waals surface area contributed by atoms with Gasteiger partial charge in [-0.05, 0) is 44.5 Å². The smallest absolute Gasteiger partial charge is 0.254 e. The number of aryl methyl sites for hydroxylation is 1. The minimum absolute atomic E-state index is 0.0696. The summed E-state index contributed by atoms with van der Waals surface area (Å²) in [6.07, 6.45) is 1.75. The second-order valence-electron chi connectivity index (χ2n) is 8.53. The van der Waals surface area contributed by atoms with E-state index in [1.54, 1.807) is 22.4 Å². The van der Waals surface area contributed by atoms with Crippen LogP contribution < -0.4 is 0 Å². The molecule has 5 aromatic rings. The van der Waals surface area contributed by atoms with Gasteiger partial charge in [-0.15, -0.1) is 11.3 Å². The highest BCUT2D eigenvalue weighted by Gasteiger charge is 2.22. The lowest BCUT2D eigenvalue weighted by Crippen LogP contribution is -2.26. The van der Waals surface area contributed by atoms with Gasteiger partial charge in [0.15, 0.2) is 5.65 Å². The van der Waals surface area contributed by atoms with Crippen LogP contribution in [0.4, 0.5) is 0 Å². The standard InChI is InChI=1S/C26H25N5OS/c1-16(2)31-25-20(14-27-31)19(13-22(29-25)18-10-6-5-9-17(18)3)26(32)30(4)15-24-28-21-11-7-8-12-23(21)33-24/h5-14,16H,15H2,1-4H3. The van der Waals surface area contributed by atoms with Crippen LogP contribution in [0.5, 0.6) is 0 Å². The Morgan fingerprint density at radius 3 is 2.61 bits per heavy atom. The summed E-state index contributed by atoms with van der Waals surface area (Å²) in [4.78, 5) is 25.0. The molecule has 0 aliphatic heterocycles. The molecule has 3 aromatic heterocycles. The number of carbonyl (C=O) groups excluding carboxylic acids is 1. The van der Waals surface area contributed by atoms with Gasteiger partial charge in [0.1, 0.15) is 5.01 Å². The van der Waals surface area contributed by atoms with Crippen molar-refractivity contribution in [2.24, 2.45) is 0 Å². The average molecular weight is 456 g/mol. The van der Waals surface area contributed by atoms with Crippen molar-refractivity contribution in [3.63, 3.8) is 0 Å². The lowest BCUT2D eigenvalue weighted by atomic mass is 10.0. The summed E-state index contributed by atoms with van der Waals surface area (Å²) in [5, 5.41) is 6.22. The Balaban J connectivity index is 1.58. The van der Waals surface area contributed by atoms with Crippen LogP contribution in [0.15, 0.2) is 60.8 Å². The van der Waals surface area contributed by atoms with Crippen molar-refractivity contribution in [3.05, 3.63) is 76.9 Å². The molecule has 3 heterocycles. The Kier molecular flexibility index (Phi) is 5.42. The summed E-state index contributed by atoms with van der Waals surface area (Å²) in [6, 6.07) is 18.2. The van der Waals surface area contributed by atoms with Crippen LogP contribution in [0.2, 0.25) is 0 Å². The van der Waals surface area contributed by atoms with Crippen molar-refractivity contribution in [1.29, 1.82) is 0 Å². The van der Waals surface area contributed by atoms with Crippen LogP contribution in [-0.4, -0.2) is 37.6 Å². The van der Waals surface area contributed by atoms with Gasteiger partial charge in [-0.25, -0.2) is 14.6 Å². The first kappa shape index (κ1) is 21.3. The first-order valence-corrected chi connectivity index (χ1v) is 11.8. The fraction of sp³-hybridized carbons (Fsp3) is 0.231. The van der Waals surface area contributed by atoms with Gasteiger partial charge in [0.05, 0.1) is 39.6 Å². The van der Waals surface area contributed by atoms with Crippen LogP contribution in [0, 0.1) is 6.92 Å². The zero-order valence-corrected chi connectivity index (χ0v) is 19.9. The third-order valence-corrected chi connectivity index (χ3v) is 6.79. The summed E-state index contributed by atoms with van der Waals surface area (Å²) in [6.45, 7) is 6.63. The van der Waals surface area contributed by atoms with Crippen molar-refractivity contribution >= 4 is 38.5 Å². The molecule has 1 amide bonds. The molecule has 0 saturated heterocycles. The Bertz CT molecular complexity index is 1450. The molecular formula is C26H25N5OS. The number of rotatable bonds is 5. The molecule has 0 spiro atoms. The minimum Gasteiger partial charge on any atom is -0.335 e. The molecule has 2 aromatic carbocycles. The molecule has 0 aliphatic carbocycles. The van der Waals surface area contributed by atoms with E-state index in [9.17, 15) is 4.79 Å². The molecule has 0 saturated carbocycles. The number of benzene rings is 2. The van der Waals surface area contributed by atoms with Gasteiger partial charge < -0.3 is 4.90 Å². The molecule has 0 radical (unpaired) electrons. The molecule has 0 N–H and O–H groups in total. The predicted octanol–water partition coefficient (Wildman–Crippen LogP) is 5.87. The SMILES string of the molecule is Cc1ccccc1-c1cc(C(=O)N(C)Cc2nc3ccccc3s2)c2cnn(C(C)C)c2n1. The second kappa shape index (κ2) is 8.41. The number of hydrogen-bond donors (Lipinski definition) is 0. The first-order valence-electron chi connectivity index (χ1n) is 11.0. The zero-order valence-electron chi connectivity index (χ0n) is 19.1. The van der Waals surface area contributed by atoms with E-state index >= 15 is 0 Å². The van der Waals surface area contributed by atoms with Crippen molar-refractivity contribution in [2.45, 2.75) is 33.4 Å². The van der Waals surface area contributed by atoms with E-state index in [1.807, 2.05) is 54.2 Å².